The first kappa shape index (κ1) is 35.3. The van der Waals surface area contributed by atoms with Crippen molar-refractivity contribution in [3.63, 3.8) is 0 Å². The number of carbonyl (C=O) groups is 1. The molecule has 0 aromatic heterocycles. The van der Waals surface area contributed by atoms with Gasteiger partial charge in [-0.3, -0.25) is 14.8 Å². The van der Waals surface area contributed by atoms with Gasteiger partial charge in [-0.2, -0.15) is 10.2 Å². The van der Waals surface area contributed by atoms with Crippen molar-refractivity contribution in [3.8, 4) is 0 Å². The van der Waals surface area contributed by atoms with Gasteiger partial charge in [0.2, 0.25) is 0 Å². The Kier molecular flexibility index (Phi) is 8.99. The number of ketones is 1. The van der Waals surface area contributed by atoms with Crippen molar-refractivity contribution in [1.82, 2.24) is 0 Å². The van der Waals surface area contributed by atoms with Crippen LogP contribution in [-0.2, 0) is 0 Å². The zero-order valence-electron chi connectivity index (χ0n) is 32.6. The highest BCUT2D eigenvalue weighted by atomic mass is 16.1. The molecule has 2 aliphatic heterocycles. The van der Waals surface area contributed by atoms with Gasteiger partial charge in [-0.05, 0) is 106 Å². The molecular formula is C53H42N4O. The lowest BCUT2D eigenvalue weighted by atomic mass is 9.93. The average Bonchev–Trinajstić information content (AvgIpc) is 3.92. The van der Waals surface area contributed by atoms with Gasteiger partial charge in [0.05, 0.1) is 34.9 Å². The Morgan fingerprint density at radius 2 is 0.862 bits per heavy atom. The summed E-state index contributed by atoms with van der Waals surface area (Å²) in [5.41, 5.74) is 12.4. The summed E-state index contributed by atoms with van der Waals surface area (Å²) in [6.45, 7) is 4.24. The zero-order chi connectivity index (χ0) is 39.2. The first-order valence-electron chi connectivity index (χ1n) is 20.0. The molecule has 2 heterocycles. The Morgan fingerprint density at radius 1 is 0.466 bits per heavy atom. The van der Waals surface area contributed by atoms with E-state index < -0.39 is 0 Å². The van der Waals surface area contributed by atoms with E-state index in [-0.39, 0.29) is 17.9 Å². The predicted octanol–water partition coefficient (Wildman–Crippen LogP) is 12.6. The van der Waals surface area contributed by atoms with Crippen LogP contribution in [-0.4, -0.2) is 17.2 Å². The molecule has 0 bridgehead atoms. The molecule has 5 nitrogen and oxygen atoms in total. The van der Waals surface area contributed by atoms with Gasteiger partial charge in [0, 0.05) is 24.0 Å². The number of benzene rings is 8. The van der Waals surface area contributed by atoms with E-state index in [4.69, 9.17) is 10.2 Å². The molecule has 2 aliphatic rings. The minimum absolute atomic E-state index is 0.00749. The Morgan fingerprint density at radius 3 is 1.29 bits per heavy atom. The molecule has 0 saturated heterocycles. The number of anilines is 2. The van der Waals surface area contributed by atoms with Gasteiger partial charge >= 0.3 is 0 Å². The summed E-state index contributed by atoms with van der Waals surface area (Å²) in [4.78, 5) is 14.0. The maximum Gasteiger partial charge on any atom is 0.193 e. The van der Waals surface area contributed by atoms with Gasteiger partial charge in [-0.1, -0.05) is 145 Å². The minimum atomic E-state index is -0.0231. The first-order chi connectivity index (χ1) is 28.5. The van der Waals surface area contributed by atoms with Crippen LogP contribution in [0, 0.1) is 13.8 Å². The summed E-state index contributed by atoms with van der Waals surface area (Å²) < 4.78 is 0. The second kappa shape index (κ2) is 14.8. The summed E-state index contributed by atoms with van der Waals surface area (Å²) in [5, 5.41) is 19.6. The van der Waals surface area contributed by atoms with Gasteiger partial charge in [-0.25, -0.2) is 0 Å². The van der Waals surface area contributed by atoms with Gasteiger partial charge in [0.15, 0.2) is 5.78 Å². The standard InChI is InChI=1S/C53H42N4O/c1-35-11-7-17-41(31-35)49-33-51(47-21-9-15-37-13-3-5-19-45(37)47)56(54-49)43-27-23-39(24-28-43)53(58)40-25-29-44(30-26-40)57-52(34-50(55-57)42-18-8-12-36(2)32-42)48-22-10-16-38-14-4-6-20-46(38)48/h3-32,51-52H,33-34H2,1-2H3. The molecule has 0 radical (unpaired) electrons. The van der Waals surface area contributed by atoms with Crippen molar-refractivity contribution in [2.75, 3.05) is 10.0 Å². The molecule has 0 amide bonds. The molecule has 2 unspecified atom stereocenters. The molecule has 2 atom stereocenters. The quantitative estimate of drug-likeness (QED) is 0.145. The SMILES string of the molecule is Cc1cccc(C2=NN(c3ccc(C(=O)c4ccc(N5N=C(c6cccc(C)c6)CC5c5cccc6ccccc56)cc4)cc3)C(c3cccc4ccccc34)C2)c1. The van der Waals surface area contributed by atoms with Gasteiger partial charge in [-0.15, -0.1) is 0 Å². The van der Waals surface area contributed by atoms with Gasteiger partial charge in [0.1, 0.15) is 0 Å². The largest absolute Gasteiger partial charge is 0.289 e. The van der Waals surface area contributed by atoms with E-state index in [9.17, 15) is 4.79 Å². The Bertz CT molecular complexity index is 2700. The predicted molar refractivity (Wildman–Crippen MR) is 239 cm³/mol. The molecule has 0 aliphatic carbocycles. The molecule has 58 heavy (non-hydrogen) atoms. The Balaban J connectivity index is 0.949. The van der Waals surface area contributed by atoms with Crippen LogP contribution in [0.1, 0.15) is 74.2 Å². The second-order valence-corrected chi connectivity index (χ2v) is 15.5. The maximum absolute atomic E-state index is 14.0. The van der Waals surface area contributed by atoms with Crippen molar-refractivity contribution in [2.45, 2.75) is 38.8 Å². The van der Waals surface area contributed by atoms with Crippen LogP contribution in [0.4, 0.5) is 11.4 Å². The third-order valence-electron chi connectivity index (χ3n) is 11.7. The molecule has 5 heteroatoms. The summed E-state index contributed by atoms with van der Waals surface area (Å²) in [6, 6.07) is 63.1. The van der Waals surface area contributed by atoms with Crippen molar-refractivity contribution in [3.05, 3.63) is 226 Å². The van der Waals surface area contributed by atoms with Crippen LogP contribution >= 0.6 is 0 Å². The second-order valence-electron chi connectivity index (χ2n) is 15.5. The number of fused-ring (bicyclic) bond motifs is 2. The fourth-order valence-corrected chi connectivity index (χ4v) is 8.76. The lowest BCUT2D eigenvalue weighted by molar-refractivity contribution is 0.103. The maximum atomic E-state index is 14.0. The highest BCUT2D eigenvalue weighted by Gasteiger charge is 2.33. The monoisotopic (exact) mass is 750 g/mol. The van der Waals surface area contributed by atoms with Crippen molar-refractivity contribution < 1.29 is 4.79 Å². The zero-order valence-corrected chi connectivity index (χ0v) is 32.6. The van der Waals surface area contributed by atoms with E-state index in [0.717, 1.165) is 46.8 Å². The van der Waals surface area contributed by atoms with Crippen molar-refractivity contribution in [2.24, 2.45) is 10.2 Å². The Hall–Kier alpha value is -7.11. The van der Waals surface area contributed by atoms with Crippen LogP contribution in [0.5, 0.6) is 0 Å². The molecule has 280 valence electrons. The van der Waals surface area contributed by atoms with E-state index in [1.165, 1.54) is 43.8 Å². The molecule has 8 aromatic carbocycles. The molecule has 0 fully saturated rings. The number of hydrogen-bond donors (Lipinski definition) is 0. The third kappa shape index (κ3) is 6.54. The van der Waals surface area contributed by atoms with Gasteiger partial charge < -0.3 is 0 Å². The van der Waals surface area contributed by atoms with E-state index >= 15 is 0 Å². The van der Waals surface area contributed by atoms with Crippen molar-refractivity contribution in [1.29, 1.82) is 0 Å². The fraction of sp³-hybridized carbons (Fsp3) is 0.113. The topological polar surface area (TPSA) is 48.3 Å². The smallest absolute Gasteiger partial charge is 0.193 e. The average molecular weight is 751 g/mol. The molecule has 8 aromatic rings. The van der Waals surface area contributed by atoms with Crippen LogP contribution in [0.2, 0.25) is 0 Å². The minimum Gasteiger partial charge on any atom is -0.289 e. The fourth-order valence-electron chi connectivity index (χ4n) is 8.76. The Labute approximate surface area is 339 Å². The summed E-state index contributed by atoms with van der Waals surface area (Å²) >= 11 is 0. The number of rotatable bonds is 8. The number of aryl methyl sites for hydroxylation is 2. The normalized spacial score (nSPS) is 16.5. The number of carbonyl (C=O) groups excluding carboxylic acids is 1. The lowest BCUT2D eigenvalue weighted by Crippen LogP contribution is -2.19. The molecular weight excluding hydrogens is 709 g/mol. The number of hydrogen-bond acceptors (Lipinski definition) is 5. The molecule has 0 N–H and O–H groups in total. The van der Waals surface area contributed by atoms with Crippen molar-refractivity contribution >= 4 is 50.1 Å². The van der Waals surface area contributed by atoms with E-state index in [1.807, 2.05) is 48.5 Å². The van der Waals surface area contributed by atoms with Crippen LogP contribution in [0.25, 0.3) is 21.5 Å². The molecule has 0 spiro atoms. The van der Waals surface area contributed by atoms with Crippen LogP contribution < -0.4 is 10.0 Å². The number of hydrazone groups is 2. The summed E-state index contributed by atoms with van der Waals surface area (Å²) in [5.74, 6) is -0.0231. The van der Waals surface area contributed by atoms with Crippen LogP contribution in [0.3, 0.4) is 0 Å². The molecule has 10 rings (SSSR count). The lowest BCUT2D eigenvalue weighted by Gasteiger charge is -2.25. The molecule has 0 saturated carbocycles. The van der Waals surface area contributed by atoms with Crippen LogP contribution in [0.15, 0.2) is 192 Å². The van der Waals surface area contributed by atoms with Gasteiger partial charge in [0.25, 0.3) is 0 Å². The van der Waals surface area contributed by atoms with E-state index in [2.05, 4.69) is 157 Å². The summed E-state index contributed by atoms with van der Waals surface area (Å²) in [6.07, 6.45) is 1.55. The first-order valence-corrected chi connectivity index (χ1v) is 20.0. The highest BCUT2D eigenvalue weighted by Crippen LogP contribution is 2.41. The third-order valence-corrected chi connectivity index (χ3v) is 11.7. The van der Waals surface area contributed by atoms with E-state index in [0.29, 0.717) is 11.1 Å². The van der Waals surface area contributed by atoms with E-state index in [1.54, 1.807) is 0 Å². The number of nitrogens with zero attached hydrogens (tertiary/aromatic N) is 4. The highest BCUT2D eigenvalue weighted by molar-refractivity contribution is 6.10. The summed E-state index contributed by atoms with van der Waals surface area (Å²) in [7, 11) is 0.